The second-order valence-electron chi connectivity index (χ2n) is 7.90. The second-order valence-corrected chi connectivity index (χ2v) is 11.0. The highest BCUT2D eigenvalue weighted by atomic mass is 79.9. The number of esters is 1. The molecule has 2 aliphatic carbocycles. The van der Waals surface area contributed by atoms with Crippen molar-refractivity contribution in [3.63, 3.8) is 0 Å². The monoisotopic (exact) mass is 479 g/mol. The number of benzene rings is 1. The highest BCUT2D eigenvalue weighted by Crippen LogP contribution is 2.68. The number of rotatable bonds is 1. The van der Waals surface area contributed by atoms with E-state index in [9.17, 15) is 19.5 Å². The van der Waals surface area contributed by atoms with Gasteiger partial charge in [0.05, 0.1) is 16.9 Å². The summed E-state index contributed by atoms with van der Waals surface area (Å²) in [6, 6.07) is 5.54. The standard InChI is InChI=1S/C19H14BrNO5S2/c20-5-1-2-9-6(3-5)10-11-7-4-8(12(17(22)23)13(7)18(24)26-9)14(11)27-16-15(10)28-19(25)21-16/h1-3,7-8,10-14H,4H2,(H,21,25)(H,22,23)/t7-,8-,10+,11-,12-,13+,14-/m1/s1. The lowest BCUT2D eigenvalue weighted by Gasteiger charge is -2.45. The van der Waals surface area contributed by atoms with Crippen molar-refractivity contribution >= 4 is 51.0 Å². The van der Waals surface area contributed by atoms with Crippen LogP contribution in [0.4, 0.5) is 0 Å². The summed E-state index contributed by atoms with van der Waals surface area (Å²) in [7, 11) is 0. The van der Waals surface area contributed by atoms with Crippen molar-refractivity contribution in [3.05, 3.63) is 42.8 Å². The molecule has 4 aliphatic rings. The zero-order valence-corrected chi connectivity index (χ0v) is 17.5. The number of aromatic nitrogens is 1. The molecular formula is C19H14BrNO5S2. The minimum Gasteiger partial charge on any atom is -0.481 e. The van der Waals surface area contributed by atoms with Gasteiger partial charge in [-0.3, -0.25) is 14.4 Å². The summed E-state index contributed by atoms with van der Waals surface area (Å²) >= 11 is 6.33. The van der Waals surface area contributed by atoms with Gasteiger partial charge in [-0.1, -0.05) is 27.3 Å². The Morgan fingerprint density at radius 1 is 1.29 bits per heavy atom. The van der Waals surface area contributed by atoms with Crippen LogP contribution in [0.1, 0.15) is 22.8 Å². The first-order valence-electron chi connectivity index (χ1n) is 9.07. The molecule has 144 valence electrons. The molecule has 7 atom stereocenters. The van der Waals surface area contributed by atoms with Crippen LogP contribution in [0.25, 0.3) is 0 Å². The number of nitrogens with one attached hydrogen (secondary N) is 1. The van der Waals surface area contributed by atoms with E-state index >= 15 is 0 Å². The van der Waals surface area contributed by atoms with Gasteiger partial charge in [0.1, 0.15) is 5.75 Å². The number of carbonyl (C=O) groups is 2. The van der Waals surface area contributed by atoms with Crippen LogP contribution in [0, 0.1) is 29.6 Å². The number of aliphatic carboxylic acids is 1. The quantitative estimate of drug-likeness (QED) is 0.481. The molecule has 28 heavy (non-hydrogen) atoms. The number of thioether (sulfide) groups is 1. The summed E-state index contributed by atoms with van der Waals surface area (Å²) in [5.74, 6) is -2.33. The lowest BCUT2D eigenvalue weighted by Crippen LogP contribution is -2.49. The molecule has 0 radical (unpaired) electrons. The van der Waals surface area contributed by atoms with Gasteiger partial charge in [-0.25, -0.2) is 0 Å². The van der Waals surface area contributed by atoms with Crippen LogP contribution in [0.3, 0.4) is 0 Å². The molecule has 9 heteroatoms. The molecule has 2 fully saturated rings. The molecule has 0 spiro atoms. The number of carboxylic acids is 1. The average molecular weight is 480 g/mol. The number of H-pyrrole nitrogens is 1. The maximum atomic E-state index is 13.0. The third-order valence-electron chi connectivity index (χ3n) is 6.79. The first-order valence-corrected chi connectivity index (χ1v) is 11.6. The number of thiazole rings is 1. The molecule has 2 saturated carbocycles. The molecule has 2 N–H and O–H groups in total. The minimum atomic E-state index is -0.925. The fourth-order valence-corrected chi connectivity index (χ4v) is 9.23. The van der Waals surface area contributed by atoms with Crippen molar-refractivity contribution in [2.45, 2.75) is 22.6 Å². The largest absolute Gasteiger partial charge is 0.481 e. The van der Waals surface area contributed by atoms with Gasteiger partial charge in [0.2, 0.25) is 0 Å². The lowest BCUT2D eigenvalue weighted by molar-refractivity contribution is -0.156. The van der Waals surface area contributed by atoms with E-state index in [1.54, 1.807) is 17.8 Å². The number of hydrogen-bond donors (Lipinski definition) is 2. The van der Waals surface area contributed by atoms with Crippen molar-refractivity contribution in [2.75, 3.05) is 0 Å². The summed E-state index contributed by atoms with van der Waals surface area (Å²) in [6.07, 6.45) is 0.720. The molecular weight excluding hydrogens is 466 g/mol. The van der Waals surface area contributed by atoms with Crippen LogP contribution in [0.15, 0.2) is 32.5 Å². The van der Waals surface area contributed by atoms with Gasteiger partial charge in [-0.15, -0.1) is 11.8 Å². The SMILES string of the molecule is O=C(O)[C@@H]1[C@H]2C[C@H]3[C@@H]1C(=O)Oc1ccc(Br)cc1[C@@H]1c4sc(=O)[nH]c4S[C@H]2[C@@H]13. The lowest BCUT2D eigenvalue weighted by atomic mass is 9.66. The summed E-state index contributed by atoms with van der Waals surface area (Å²) in [4.78, 5) is 41.0. The van der Waals surface area contributed by atoms with Gasteiger partial charge >= 0.3 is 16.8 Å². The Morgan fingerprint density at radius 3 is 2.89 bits per heavy atom. The predicted molar refractivity (Wildman–Crippen MR) is 106 cm³/mol. The molecule has 3 heterocycles. The first kappa shape index (κ1) is 17.3. The number of aromatic amines is 1. The van der Waals surface area contributed by atoms with E-state index in [0.717, 1.165) is 26.4 Å². The number of ether oxygens (including phenoxy) is 1. The zero-order chi connectivity index (χ0) is 19.3. The third-order valence-corrected chi connectivity index (χ3v) is 9.87. The molecule has 2 bridgehead atoms. The molecule has 2 aliphatic heterocycles. The van der Waals surface area contributed by atoms with Gasteiger partial charge in [0, 0.05) is 26.1 Å². The number of carbonyl (C=O) groups excluding carboxylic acids is 1. The highest BCUT2D eigenvalue weighted by molar-refractivity contribution is 9.10. The van der Waals surface area contributed by atoms with Gasteiger partial charge in [0.15, 0.2) is 0 Å². The fraction of sp³-hybridized carbons (Fsp3) is 0.421. The van der Waals surface area contributed by atoms with Crippen molar-refractivity contribution in [1.29, 1.82) is 0 Å². The third kappa shape index (κ3) is 2.12. The van der Waals surface area contributed by atoms with Crippen LogP contribution >= 0.6 is 39.0 Å². The fourth-order valence-electron chi connectivity index (χ4n) is 5.97. The number of carboxylic acid groups (broad SMARTS) is 1. The van der Waals surface area contributed by atoms with Crippen molar-refractivity contribution in [3.8, 4) is 5.75 Å². The summed E-state index contributed by atoms with van der Waals surface area (Å²) in [5.41, 5.74) is 0.896. The maximum Gasteiger partial charge on any atom is 0.315 e. The topological polar surface area (TPSA) is 96.5 Å². The van der Waals surface area contributed by atoms with Gasteiger partial charge in [-0.05, 0) is 42.4 Å². The molecule has 2 aromatic rings. The van der Waals surface area contributed by atoms with Gasteiger partial charge in [0.25, 0.3) is 0 Å². The van der Waals surface area contributed by atoms with Crippen LogP contribution in [0.2, 0.25) is 0 Å². The van der Waals surface area contributed by atoms with E-state index in [-0.39, 0.29) is 33.8 Å². The normalized spacial score (nSPS) is 36.9. The Morgan fingerprint density at radius 2 is 2.11 bits per heavy atom. The van der Waals surface area contributed by atoms with Gasteiger partial charge in [-0.2, -0.15) is 0 Å². The number of hydrogen-bond acceptors (Lipinski definition) is 6. The second kappa shape index (κ2) is 5.73. The van der Waals surface area contributed by atoms with E-state index in [0.29, 0.717) is 5.75 Å². The smallest absolute Gasteiger partial charge is 0.315 e. The summed E-state index contributed by atoms with van der Waals surface area (Å²) in [5, 5.41) is 10.8. The van der Waals surface area contributed by atoms with Crippen LogP contribution < -0.4 is 9.61 Å². The molecule has 0 amide bonds. The molecule has 0 unspecified atom stereocenters. The van der Waals surface area contributed by atoms with E-state index in [4.69, 9.17) is 4.74 Å². The highest BCUT2D eigenvalue weighted by Gasteiger charge is 2.67. The Hall–Kier alpha value is -1.58. The Labute approximate surface area is 175 Å². The molecule has 1 aromatic heterocycles. The Balaban J connectivity index is 1.64. The van der Waals surface area contributed by atoms with Crippen molar-refractivity contribution in [2.24, 2.45) is 29.6 Å². The van der Waals surface area contributed by atoms with Crippen LogP contribution in [-0.4, -0.2) is 27.3 Å². The predicted octanol–water partition coefficient (Wildman–Crippen LogP) is 3.31. The first-order chi connectivity index (χ1) is 13.4. The number of halogens is 1. The number of fused-ring (bicyclic) bond motifs is 6. The van der Waals surface area contributed by atoms with Gasteiger partial charge < -0.3 is 14.8 Å². The van der Waals surface area contributed by atoms with E-state index in [1.165, 1.54) is 11.3 Å². The van der Waals surface area contributed by atoms with E-state index < -0.39 is 23.8 Å². The summed E-state index contributed by atoms with van der Waals surface area (Å²) < 4.78 is 6.63. The van der Waals surface area contributed by atoms with Crippen LogP contribution in [0.5, 0.6) is 5.75 Å². The average Bonchev–Trinajstić information content (AvgIpc) is 3.30. The molecule has 6 rings (SSSR count). The molecule has 6 nitrogen and oxygen atoms in total. The Kier molecular flexibility index (Phi) is 3.54. The Bertz CT molecular complexity index is 1110. The minimum absolute atomic E-state index is 0.0430. The molecule has 1 aromatic carbocycles. The van der Waals surface area contributed by atoms with E-state index in [1.807, 2.05) is 12.1 Å². The molecule has 0 saturated heterocycles. The summed E-state index contributed by atoms with van der Waals surface area (Å²) in [6.45, 7) is 0. The van der Waals surface area contributed by atoms with Crippen molar-refractivity contribution in [1.82, 2.24) is 4.98 Å². The van der Waals surface area contributed by atoms with E-state index in [2.05, 4.69) is 20.9 Å². The zero-order valence-electron chi connectivity index (χ0n) is 14.3. The maximum absolute atomic E-state index is 13.0. The van der Waals surface area contributed by atoms with Crippen molar-refractivity contribution < 1.29 is 19.4 Å². The van der Waals surface area contributed by atoms with Crippen LogP contribution in [-0.2, 0) is 9.59 Å².